The van der Waals surface area contributed by atoms with E-state index in [9.17, 15) is 18.4 Å². The van der Waals surface area contributed by atoms with Gasteiger partial charge in [0.2, 0.25) is 0 Å². The second-order valence-electron chi connectivity index (χ2n) is 7.09. The highest BCUT2D eigenvalue weighted by Gasteiger charge is 2.38. The van der Waals surface area contributed by atoms with Gasteiger partial charge in [-0.3, -0.25) is 0 Å². The molecule has 2 heterocycles. The Balaban J connectivity index is 1.97. The summed E-state index contributed by atoms with van der Waals surface area (Å²) in [7, 11) is 1.26. The lowest BCUT2D eigenvalue weighted by Gasteiger charge is -2.36. The van der Waals surface area contributed by atoms with Gasteiger partial charge >= 0.3 is 12.0 Å². The standard InChI is InChI=1S/C20H24F2N4O3/c1-4-11(2)16(19(27)29-3)25-20(28)26-9-8-14-17(24-10-23-14)18(26)12-6-5-7-13(21)15(12)22/h5-7,10-11,16,18H,4,8-9H2,1-3H3,(H,23,24)(H,25,28)/t11-,16-,18-/m0/s1. The highest BCUT2D eigenvalue weighted by molar-refractivity contribution is 5.84. The Morgan fingerprint density at radius 1 is 1.41 bits per heavy atom. The number of nitrogens with one attached hydrogen (secondary N) is 2. The van der Waals surface area contributed by atoms with E-state index in [1.165, 1.54) is 30.5 Å². The van der Waals surface area contributed by atoms with Crippen LogP contribution in [0.4, 0.5) is 13.6 Å². The zero-order valence-corrected chi connectivity index (χ0v) is 16.5. The Bertz CT molecular complexity index is 902. The monoisotopic (exact) mass is 406 g/mol. The number of carbonyl (C=O) groups is 2. The number of fused-ring (bicyclic) bond motifs is 1. The molecule has 7 nitrogen and oxygen atoms in total. The molecule has 1 aromatic heterocycles. The highest BCUT2D eigenvalue weighted by Crippen LogP contribution is 2.35. The van der Waals surface area contributed by atoms with Crippen molar-refractivity contribution in [3.8, 4) is 0 Å². The van der Waals surface area contributed by atoms with Crippen LogP contribution in [-0.2, 0) is 16.0 Å². The first kappa shape index (κ1) is 20.8. The molecule has 0 bridgehead atoms. The first-order valence-corrected chi connectivity index (χ1v) is 9.50. The average Bonchev–Trinajstić information content (AvgIpc) is 3.21. The predicted molar refractivity (Wildman–Crippen MR) is 101 cm³/mol. The summed E-state index contributed by atoms with van der Waals surface area (Å²) >= 11 is 0. The van der Waals surface area contributed by atoms with Crippen molar-refractivity contribution in [3.63, 3.8) is 0 Å². The van der Waals surface area contributed by atoms with Gasteiger partial charge in [0.05, 0.1) is 19.1 Å². The zero-order valence-electron chi connectivity index (χ0n) is 16.5. The van der Waals surface area contributed by atoms with Crippen LogP contribution in [0.3, 0.4) is 0 Å². The summed E-state index contributed by atoms with van der Waals surface area (Å²) in [4.78, 5) is 33.9. The van der Waals surface area contributed by atoms with Crippen molar-refractivity contribution in [2.75, 3.05) is 13.7 Å². The van der Waals surface area contributed by atoms with Crippen LogP contribution < -0.4 is 5.32 Å². The molecule has 2 amide bonds. The van der Waals surface area contributed by atoms with Crippen molar-refractivity contribution in [1.29, 1.82) is 0 Å². The maximum absolute atomic E-state index is 14.6. The second kappa shape index (κ2) is 8.59. The number of carbonyl (C=O) groups excluding carboxylic acids is 2. The number of urea groups is 1. The van der Waals surface area contributed by atoms with Gasteiger partial charge < -0.3 is 19.9 Å². The third-order valence-electron chi connectivity index (χ3n) is 5.41. The maximum Gasteiger partial charge on any atom is 0.328 e. The largest absolute Gasteiger partial charge is 0.467 e. The normalized spacial score (nSPS) is 18.0. The molecule has 1 aliphatic heterocycles. The number of halogens is 2. The van der Waals surface area contributed by atoms with E-state index in [2.05, 4.69) is 15.3 Å². The summed E-state index contributed by atoms with van der Waals surface area (Å²) in [6.45, 7) is 3.97. The third-order valence-corrected chi connectivity index (χ3v) is 5.41. The van der Waals surface area contributed by atoms with Crippen LogP contribution in [0.2, 0.25) is 0 Å². The second-order valence-corrected chi connectivity index (χ2v) is 7.09. The molecule has 0 spiro atoms. The van der Waals surface area contributed by atoms with Gasteiger partial charge in [-0.1, -0.05) is 32.4 Å². The van der Waals surface area contributed by atoms with Gasteiger partial charge in [-0.05, 0) is 12.0 Å². The summed E-state index contributed by atoms with van der Waals surface area (Å²) in [5.41, 5.74) is 1.22. The van der Waals surface area contributed by atoms with E-state index in [0.717, 1.165) is 11.8 Å². The number of amides is 2. The number of hydrogen-bond acceptors (Lipinski definition) is 4. The number of hydrogen-bond donors (Lipinski definition) is 2. The van der Waals surface area contributed by atoms with Gasteiger partial charge in [0.25, 0.3) is 0 Å². The number of methoxy groups -OCH3 is 1. The Labute approximate surface area is 167 Å². The lowest BCUT2D eigenvalue weighted by atomic mass is 9.95. The van der Waals surface area contributed by atoms with E-state index < -0.39 is 35.7 Å². The van der Waals surface area contributed by atoms with E-state index in [1.807, 2.05) is 13.8 Å². The number of aromatic nitrogens is 2. The molecule has 0 fully saturated rings. The van der Waals surface area contributed by atoms with Gasteiger partial charge in [-0.25, -0.2) is 23.4 Å². The fourth-order valence-electron chi connectivity index (χ4n) is 3.55. The summed E-state index contributed by atoms with van der Waals surface area (Å²) < 4.78 is 33.3. The third kappa shape index (κ3) is 3.94. The summed E-state index contributed by atoms with van der Waals surface area (Å²) in [5.74, 6) is -2.75. The van der Waals surface area contributed by atoms with E-state index in [0.29, 0.717) is 18.5 Å². The number of benzene rings is 1. The van der Waals surface area contributed by atoms with Crippen molar-refractivity contribution in [2.45, 2.75) is 38.8 Å². The number of H-pyrrole nitrogens is 1. The molecule has 0 unspecified atom stereocenters. The molecule has 0 saturated heterocycles. The van der Waals surface area contributed by atoms with Gasteiger partial charge in [0.15, 0.2) is 11.6 Å². The average molecular weight is 406 g/mol. The number of esters is 1. The van der Waals surface area contributed by atoms with Gasteiger partial charge in [-0.15, -0.1) is 0 Å². The van der Waals surface area contributed by atoms with Crippen LogP contribution in [0.1, 0.15) is 43.3 Å². The molecule has 2 aromatic rings. The Hall–Kier alpha value is -2.97. The smallest absolute Gasteiger partial charge is 0.328 e. The zero-order chi connectivity index (χ0) is 21.1. The van der Waals surface area contributed by atoms with Crippen LogP contribution in [0.25, 0.3) is 0 Å². The summed E-state index contributed by atoms with van der Waals surface area (Å²) in [6, 6.07) is 1.50. The first-order chi connectivity index (χ1) is 13.9. The fraction of sp³-hybridized carbons (Fsp3) is 0.450. The van der Waals surface area contributed by atoms with Crippen LogP contribution in [0.15, 0.2) is 24.5 Å². The quantitative estimate of drug-likeness (QED) is 0.748. The molecule has 156 valence electrons. The van der Waals surface area contributed by atoms with Crippen molar-refractivity contribution in [3.05, 3.63) is 53.1 Å². The Morgan fingerprint density at radius 3 is 2.86 bits per heavy atom. The number of rotatable bonds is 5. The molecule has 1 aliphatic rings. The van der Waals surface area contributed by atoms with Crippen molar-refractivity contribution >= 4 is 12.0 Å². The summed E-state index contributed by atoms with van der Waals surface area (Å²) in [5, 5.41) is 2.70. The topological polar surface area (TPSA) is 87.3 Å². The number of ether oxygens (including phenoxy) is 1. The summed E-state index contributed by atoms with van der Waals surface area (Å²) in [6.07, 6.45) is 2.58. The van der Waals surface area contributed by atoms with E-state index in [4.69, 9.17) is 4.74 Å². The molecule has 0 aliphatic carbocycles. The van der Waals surface area contributed by atoms with Crippen molar-refractivity contribution < 1.29 is 23.1 Å². The molecule has 1 aromatic carbocycles. The fourth-order valence-corrected chi connectivity index (χ4v) is 3.55. The Morgan fingerprint density at radius 2 is 2.17 bits per heavy atom. The van der Waals surface area contributed by atoms with Crippen LogP contribution in [0.5, 0.6) is 0 Å². The molecule has 0 saturated carbocycles. The van der Waals surface area contributed by atoms with Crippen molar-refractivity contribution in [2.24, 2.45) is 5.92 Å². The van der Waals surface area contributed by atoms with E-state index in [1.54, 1.807) is 0 Å². The van der Waals surface area contributed by atoms with Crippen molar-refractivity contribution in [1.82, 2.24) is 20.2 Å². The lowest BCUT2D eigenvalue weighted by Crippen LogP contribution is -2.53. The molecular weight excluding hydrogens is 382 g/mol. The van der Waals surface area contributed by atoms with Gasteiger partial charge in [-0.2, -0.15) is 0 Å². The molecular formula is C20H24F2N4O3. The maximum atomic E-state index is 14.6. The predicted octanol–water partition coefficient (Wildman–Crippen LogP) is 2.93. The molecule has 3 rings (SSSR count). The van der Waals surface area contributed by atoms with E-state index in [-0.39, 0.29) is 18.0 Å². The number of nitrogens with zero attached hydrogens (tertiary/aromatic N) is 2. The molecule has 29 heavy (non-hydrogen) atoms. The molecule has 3 atom stereocenters. The Kier molecular flexibility index (Phi) is 6.14. The van der Waals surface area contributed by atoms with Crippen LogP contribution in [0, 0.1) is 17.6 Å². The number of aromatic amines is 1. The van der Waals surface area contributed by atoms with Gasteiger partial charge in [0, 0.05) is 24.2 Å². The van der Waals surface area contributed by atoms with Crippen LogP contribution >= 0.6 is 0 Å². The minimum atomic E-state index is -1.03. The molecule has 0 radical (unpaired) electrons. The number of imidazole rings is 1. The minimum absolute atomic E-state index is 0.00589. The lowest BCUT2D eigenvalue weighted by molar-refractivity contribution is -0.144. The highest BCUT2D eigenvalue weighted by atomic mass is 19.2. The van der Waals surface area contributed by atoms with Gasteiger partial charge in [0.1, 0.15) is 12.1 Å². The molecule has 9 heteroatoms. The molecule has 2 N–H and O–H groups in total. The first-order valence-electron chi connectivity index (χ1n) is 9.50. The van der Waals surface area contributed by atoms with E-state index >= 15 is 0 Å². The minimum Gasteiger partial charge on any atom is -0.467 e. The SMILES string of the molecule is CC[C@H](C)[C@H](NC(=O)N1CCc2[nH]cnc2[C@@H]1c1cccc(F)c1F)C(=O)OC. The van der Waals surface area contributed by atoms with Crippen LogP contribution in [-0.4, -0.2) is 46.6 Å².